The van der Waals surface area contributed by atoms with Gasteiger partial charge in [-0.05, 0) is 19.3 Å². The van der Waals surface area contributed by atoms with Gasteiger partial charge >= 0.3 is 11.9 Å². The lowest BCUT2D eigenvalue weighted by Crippen LogP contribution is -2.13. The molecule has 0 amide bonds. The van der Waals surface area contributed by atoms with Crippen molar-refractivity contribution in [3.8, 4) is 0 Å². The molecule has 0 bridgehead atoms. The zero-order chi connectivity index (χ0) is 17.9. The van der Waals surface area contributed by atoms with E-state index in [1.807, 2.05) is 0 Å². The molecule has 0 spiro atoms. The molecule has 0 heterocycles. The molecule has 0 aliphatic heterocycles. The fourth-order valence-electron chi connectivity index (χ4n) is 2.11. The van der Waals surface area contributed by atoms with E-state index in [1.54, 1.807) is 0 Å². The maximum Gasteiger partial charge on any atom is 0.305 e. The highest BCUT2D eigenvalue weighted by Crippen LogP contribution is 2.09. The Balaban J connectivity index is 3.17. The summed E-state index contributed by atoms with van der Waals surface area (Å²) in [6.07, 6.45) is 8.43. The predicted molar refractivity (Wildman–Crippen MR) is 92.1 cm³/mol. The molecule has 0 aromatic carbocycles. The van der Waals surface area contributed by atoms with E-state index in [9.17, 15) is 9.59 Å². The molecule has 0 saturated carbocycles. The van der Waals surface area contributed by atoms with Gasteiger partial charge < -0.3 is 19.3 Å². The van der Waals surface area contributed by atoms with Gasteiger partial charge in [0.15, 0.2) is 0 Å². The van der Waals surface area contributed by atoms with Gasteiger partial charge in [-0.25, -0.2) is 0 Å². The number of carbonyl (C=O) groups is 2. The minimum atomic E-state index is -0.731. The average Bonchev–Trinajstić information content (AvgIpc) is 2.55. The van der Waals surface area contributed by atoms with E-state index >= 15 is 0 Å². The second-order valence-corrected chi connectivity index (χ2v) is 5.81. The van der Waals surface area contributed by atoms with Crippen LogP contribution < -0.4 is 0 Å². The van der Waals surface area contributed by atoms with Crippen LogP contribution in [0.15, 0.2) is 0 Å². The van der Waals surface area contributed by atoms with Crippen LogP contribution in [0.1, 0.15) is 71.1 Å². The Hall–Kier alpha value is -1.14. The smallest absolute Gasteiger partial charge is 0.305 e. The number of hydrogen-bond acceptors (Lipinski definition) is 5. The summed E-state index contributed by atoms with van der Waals surface area (Å²) in [6, 6.07) is 0. The van der Waals surface area contributed by atoms with E-state index in [-0.39, 0.29) is 12.4 Å². The van der Waals surface area contributed by atoms with E-state index in [1.165, 1.54) is 0 Å². The maximum atomic E-state index is 11.5. The quantitative estimate of drug-likeness (QED) is 0.302. The molecule has 0 fully saturated rings. The van der Waals surface area contributed by atoms with Crippen LogP contribution in [0.4, 0.5) is 0 Å². The molecule has 0 atom stereocenters. The molecule has 0 rings (SSSR count). The number of rotatable bonds is 18. The number of carbonyl (C=O) groups excluding carboxylic acids is 1. The Kier molecular flexibility index (Phi) is 17.3. The summed E-state index contributed by atoms with van der Waals surface area (Å²) in [4.78, 5) is 21.8. The first-order valence-corrected chi connectivity index (χ1v) is 9.19. The molecular formula is C18H34O6. The van der Waals surface area contributed by atoms with E-state index in [0.29, 0.717) is 32.8 Å². The monoisotopic (exact) mass is 346 g/mol. The van der Waals surface area contributed by atoms with Gasteiger partial charge in [0, 0.05) is 19.4 Å². The summed E-state index contributed by atoms with van der Waals surface area (Å²) in [5, 5.41) is 8.51. The van der Waals surface area contributed by atoms with Crippen LogP contribution in [-0.2, 0) is 23.8 Å². The van der Waals surface area contributed by atoms with E-state index in [4.69, 9.17) is 19.3 Å². The summed E-state index contributed by atoms with van der Waals surface area (Å²) >= 11 is 0. The van der Waals surface area contributed by atoms with Gasteiger partial charge in [0.25, 0.3) is 0 Å². The van der Waals surface area contributed by atoms with Crippen LogP contribution in [-0.4, -0.2) is 50.1 Å². The topological polar surface area (TPSA) is 82.1 Å². The number of aliphatic carboxylic acids is 1. The number of esters is 1. The van der Waals surface area contributed by atoms with Gasteiger partial charge in [-0.1, -0.05) is 39.0 Å². The highest BCUT2D eigenvalue weighted by atomic mass is 16.6. The Labute approximate surface area is 145 Å². The van der Waals surface area contributed by atoms with Crippen molar-refractivity contribution >= 4 is 11.9 Å². The molecule has 6 heteroatoms. The van der Waals surface area contributed by atoms with Crippen LogP contribution in [0.5, 0.6) is 0 Å². The summed E-state index contributed by atoms with van der Waals surface area (Å²) in [6.45, 7) is 4.71. The molecule has 1 N–H and O–H groups in total. The fraction of sp³-hybridized carbons (Fsp3) is 0.889. The third-order valence-electron chi connectivity index (χ3n) is 3.53. The van der Waals surface area contributed by atoms with Crippen molar-refractivity contribution in [2.24, 2.45) is 0 Å². The molecular weight excluding hydrogens is 312 g/mol. The fourth-order valence-corrected chi connectivity index (χ4v) is 2.11. The van der Waals surface area contributed by atoms with Gasteiger partial charge in [-0.2, -0.15) is 0 Å². The molecule has 0 aliphatic carbocycles. The number of carboxylic acids is 1. The summed E-state index contributed by atoms with van der Waals surface area (Å²) in [5.41, 5.74) is 0. The van der Waals surface area contributed by atoms with Gasteiger partial charge in [0.1, 0.15) is 6.61 Å². The van der Waals surface area contributed by atoms with Crippen molar-refractivity contribution in [1.82, 2.24) is 0 Å². The molecule has 0 saturated heterocycles. The lowest BCUT2D eigenvalue weighted by atomic mass is 10.1. The zero-order valence-corrected chi connectivity index (χ0v) is 15.1. The predicted octanol–water partition coefficient (Wildman–Crippen LogP) is 3.57. The molecule has 0 aromatic rings. The molecule has 6 nitrogen and oxygen atoms in total. The number of unbranched alkanes of at least 4 members (excludes halogenated alkanes) is 6. The standard InChI is InChI=1S/C18H34O6/c1-2-3-12-22-13-14-23-15-16-24-18(21)11-9-7-5-4-6-8-10-17(19)20/h2-16H2,1H3,(H,19,20). The Morgan fingerprint density at radius 2 is 1.25 bits per heavy atom. The van der Waals surface area contributed by atoms with Crippen molar-refractivity contribution < 1.29 is 28.9 Å². The van der Waals surface area contributed by atoms with Crippen molar-refractivity contribution in [2.75, 3.05) is 33.0 Å². The maximum absolute atomic E-state index is 11.5. The van der Waals surface area contributed by atoms with Gasteiger partial charge in [0.2, 0.25) is 0 Å². The van der Waals surface area contributed by atoms with Crippen LogP contribution in [0.3, 0.4) is 0 Å². The van der Waals surface area contributed by atoms with Crippen LogP contribution in [0.25, 0.3) is 0 Å². The third-order valence-corrected chi connectivity index (χ3v) is 3.53. The van der Waals surface area contributed by atoms with E-state index < -0.39 is 5.97 Å². The highest BCUT2D eigenvalue weighted by Gasteiger charge is 2.03. The van der Waals surface area contributed by atoms with Gasteiger partial charge in [0.05, 0.1) is 19.8 Å². The lowest BCUT2D eigenvalue weighted by Gasteiger charge is -2.07. The number of hydrogen-bond donors (Lipinski definition) is 1. The SMILES string of the molecule is CCCCOCCOCCOC(=O)CCCCCCCCC(=O)O. The van der Waals surface area contributed by atoms with Crippen LogP contribution in [0.2, 0.25) is 0 Å². The summed E-state index contributed by atoms with van der Waals surface area (Å²) in [5.74, 6) is -0.908. The average molecular weight is 346 g/mol. The summed E-state index contributed by atoms with van der Waals surface area (Å²) in [7, 11) is 0. The lowest BCUT2D eigenvalue weighted by molar-refractivity contribution is -0.145. The van der Waals surface area contributed by atoms with Gasteiger partial charge in [-0.15, -0.1) is 0 Å². The molecule has 0 aliphatic rings. The van der Waals surface area contributed by atoms with Crippen molar-refractivity contribution in [3.05, 3.63) is 0 Å². The first-order chi connectivity index (χ1) is 11.7. The molecule has 0 unspecified atom stereocenters. The number of carboxylic acid groups (broad SMARTS) is 1. The minimum Gasteiger partial charge on any atom is -0.481 e. The van der Waals surface area contributed by atoms with E-state index in [0.717, 1.165) is 58.0 Å². The minimum absolute atomic E-state index is 0.177. The normalized spacial score (nSPS) is 10.7. The Morgan fingerprint density at radius 1 is 0.708 bits per heavy atom. The Morgan fingerprint density at radius 3 is 1.88 bits per heavy atom. The molecule has 0 radical (unpaired) electrons. The zero-order valence-electron chi connectivity index (χ0n) is 15.1. The molecule has 0 aromatic heterocycles. The Bertz CT molecular complexity index is 306. The van der Waals surface area contributed by atoms with Crippen LogP contribution >= 0.6 is 0 Å². The largest absolute Gasteiger partial charge is 0.481 e. The van der Waals surface area contributed by atoms with Crippen molar-refractivity contribution in [1.29, 1.82) is 0 Å². The second-order valence-electron chi connectivity index (χ2n) is 5.81. The third kappa shape index (κ3) is 18.9. The first kappa shape index (κ1) is 22.9. The van der Waals surface area contributed by atoms with Gasteiger partial charge in [-0.3, -0.25) is 9.59 Å². The van der Waals surface area contributed by atoms with Crippen molar-refractivity contribution in [3.63, 3.8) is 0 Å². The first-order valence-electron chi connectivity index (χ1n) is 9.19. The van der Waals surface area contributed by atoms with E-state index in [2.05, 4.69) is 6.92 Å². The summed E-state index contributed by atoms with van der Waals surface area (Å²) < 4.78 is 15.8. The van der Waals surface area contributed by atoms with Crippen molar-refractivity contribution in [2.45, 2.75) is 71.1 Å². The number of ether oxygens (including phenoxy) is 3. The highest BCUT2D eigenvalue weighted by molar-refractivity contribution is 5.69. The molecule has 142 valence electrons. The molecule has 24 heavy (non-hydrogen) atoms. The second kappa shape index (κ2) is 18.2. The van der Waals surface area contributed by atoms with Crippen LogP contribution in [0, 0.1) is 0 Å².